The second kappa shape index (κ2) is 5.45. The zero-order valence-electron chi connectivity index (χ0n) is 12.1. The van der Waals surface area contributed by atoms with E-state index in [-0.39, 0.29) is 11.6 Å². The van der Waals surface area contributed by atoms with E-state index >= 15 is 0 Å². The van der Waals surface area contributed by atoms with Crippen molar-refractivity contribution in [3.63, 3.8) is 0 Å². The summed E-state index contributed by atoms with van der Waals surface area (Å²) in [5.74, 6) is -0.448. The zero-order valence-corrected chi connectivity index (χ0v) is 12.1. The lowest BCUT2D eigenvalue weighted by Crippen LogP contribution is -2.05. The number of hydrogen-bond acceptors (Lipinski definition) is 3. The van der Waals surface area contributed by atoms with E-state index in [9.17, 15) is 9.18 Å². The van der Waals surface area contributed by atoms with Crippen LogP contribution in [-0.4, -0.2) is 15.6 Å². The van der Waals surface area contributed by atoms with E-state index < -0.39 is 0 Å². The van der Waals surface area contributed by atoms with Crippen LogP contribution in [0.25, 0.3) is 0 Å². The summed E-state index contributed by atoms with van der Waals surface area (Å²) in [5.41, 5.74) is 3.83. The van der Waals surface area contributed by atoms with Gasteiger partial charge in [-0.15, -0.1) is 0 Å². The summed E-state index contributed by atoms with van der Waals surface area (Å²) in [6.45, 7) is 5.84. The molecule has 0 amide bonds. The molecule has 0 unspecified atom stereocenters. The normalized spacial score (nSPS) is 10.7. The van der Waals surface area contributed by atoms with E-state index in [4.69, 9.17) is 0 Å². The van der Waals surface area contributed by atoms with Gasteiger partial charge in [0.1, 0.15) is 5.82 Å². The Bertz CT molecular complexity index is 661. The Kier molecular flexibility index (Phi) is 3.88. The predicted octanol–water partition coefficient (Wildman–Crippen LogP) is 2.99. The van der Waals surface area contributed by atoms with Crippen molar-refractivity contribution in [3.8, 4) is 0 Å². The number of nitrogens with one attached hydrogen (secondary N) is 1. The van der Waals surface area contributed by atoms with Crippen molar-refractivity contribution < 1.29 is 9.18 Å². The lowest BCUT2D eigenvalue weighted by atomic mass is 10.1. The van der Waals surface area contributed by atoms with Crippen molar-refractivity contribution in [2.45, 2.75) is 27.3 Å². The van der Waals surface area contributed by atoms with Crippen LogP contribution < -0.4 is 5.32 Å². The number of benzene rings is 1. The highest BCUT2D eigenvalue weighted by Crippen LogP contribution is 2.19. The monoisotopic (exact) mass is 275 g/mol. The van der Waals surface area contributed by atoms with Crippen molar-refractivity contribution in [2.75, 3.05) is 5.32 Å². The number of halogens is 1. The van der Waals surface area contributed by atoms with Crippen LogP contribution in [0.4, 0.5) is 10.1 Å². The van der Waals surface area contributed by atoms with Crippen molar-refractivity contribution >= 4 is 11.5 Å². The summed E-state index contributed by atoms with van der Waals surface area (Å²) in [4.78, 5) is 11.3. The van der Waals surface area contributed by atoms with Gasteiger partial charge in [-0.1, -0.05) is 0 Å². The Hall–Kier alpha value is -2.17. The maximum atomic E-state index is 13.7. The lowest BCUT2D eigenvalue weighted by molar-refractivity contribution is 0.101. The topological polar surface area (TPSA) is 46.9 Å². The predicted molar refractivity (Wildman–Crippen MR) is 76.4 cm³/mol. The molecule has 20 heavy (non-hydrogen) atoms. The van der Waals surface area contributed by atoms with Gasteiger partial charge in [-0.05, 0) is 39.0 Å². The highest BCUT2D eigenvalue weighted by molar-refractivity contribution is 5.94. The molecule has 0 saturated carbocycles. The molecular weight excluding hydrogens is 257 g/mol. The largest absolute Gasteiger partial charge is 0.378 e. The Balaban J connectivity index is 2.22. The number of aryl methyl sites for hydroxylation is 2. The minimum absolute atomic E-state index is 0.0817. The minimum Gasteiger partial charge on any atom is -0.378 e. The fraction of sp³-hybridized carbons (Fsp3) is 0.333. The van der Waals surface area contributed by atoms with Gasteiger partial charge in [0.2, 0.25) is 0 Å². The van der Waals surface area contributed by atoms with Gasteiger partial charge in [0.15, 0.2) is 5.78 Å². The molecule has 1 N–H and O–H groups in total. The van der Waals surface area contributed by atoms with Gasteiger partial charge in [-0.2, -0.15) is 5.10 Å². The van der Waals surface area contributed by atoms with Crippen molar-refractivity contribution in [1.29, 1.82) is 0 Å². The molecule has 2 rings (SSSR count). The Morgan fingerprint density at radius 3 is 2.65 bits per heavy atom. The molecule has 0 bridgehead atoms. The molecule has 0 spiro atoms. The molecule has 4 nitrogen and oxygen atoms in total. The molecule has 0 aliphatic heterocycles. The Labute approximate surface area is 117 Å². The molecule has 0 radical (unpaired) electrons. The molecule has 0 saturated heterocycles. The van der Waals surface area contributed by atoms with E-state index in [0.717, 1.165) is 17.0 Å². The first kappa shape index (κ1) is 14.2. The van der Waals surface area contributed by atoms with Crippen LogP contribution in [0.15, 0.2) is 18.2 Å². The SMILES string of the molecule is CC(=O)c1ccc(F)c(NCc2c(C)nn(C)c2C)c1. The van der Waals surface area contributed by atoms with Crippen LogP contribution in [0, 0.1) is 19.7 Å². The number of anilines is 1. The number of rotatable bonds is 4. The number of hydrogen-bond donors (Lipinski definition) is 1. The molecular formula is C15H18FN3O. The van der Waals surface area contributed by atoms with E-state index in [0.29, 0.717) is 17.8 Å². The fourth-order valence-corrected chi connectivity index (χ4v) is 2.14. The molecule has 106 valence electrons. The third-order valence-electron chi connectivity index (χ3n) is 3.49. The molecule has 0 aliphatic rings. The standard InChI is InChI=1S/C15H18FN3O/c1-9-13(10(2)19(4)18-9)8-17-15-7-12(11(3)20)5-6-14(15)16/h5-7,17H,8H2,1-4H3. The molecule has 1 heterocycles. The summed E-state index contributed by atoms with van der Waals surface area (Å²) < 4.78 is 15.5. The first-order valence-corrected chi connectivity index (χ1v) is 6.43. The van der Waals surface area contributed by atoms with Crippen LogP contribution in [0.5, 0.6) is 0 Å². The smallest absolute Gasteiger partial charge is 0.159 e. The number of aromatic nitrogens is 2. The first-order chi connectivity index (χ1) is 9.40. The van der Waals surface area contributed by atoms with Gasteiger partial charge < -0.3 is 5.32 Å². The lowest BCUT2D eigenvalue weighted by Gasteiger charge is -2.09. The second-order valence-electron chi connectivity index (χ2n) is 4.88. The quantitative estimate of drug-likeness (QED) is 0.873. The Morgan fingerprint density at radius 1 is 1.40 bits per heavy atom. The first-order valence-electron chi connectivity index (χ1n) is 6.43. The average molecular weight is 275 g/mol. The fourth-order valence-electron chi connectivity index (χ4n) is 2.14. The summed E-state index contributed by atoms with van der Waals surface area (Å²) >= 11 is 0. The van der Waals surface area contributed by atoms with Gasteiger partial charge in [0, 0.05) is 30.4 Å². The number of nitrogens with zero attached hydrogens (tertiary/aromatic N) is 2. The van der Waals surface area contributed by atoms with Crippen molar-refractivity contribution in [2.24, 2.45) is 7.05 Å². The van der Waals surface area contributed by atoms with Crippen LogP contribution in [0.3, 0.4) is 0 Å². The molecule has 0 fully saturated rings. The molecule has 5 heteroatoms. The number of carbonyl (C=O) groups excluding carboxylic acids is 1. The van der Waals surface area contributed by atoms with E-state index in [2.05, 4.69) is 10.4 Å². The summed E-state index contributed by atoms with van der Waals surface area (Å²) in [5, 5.41) is 7.36. The van der Waals surface area contributed by atoms with Gasteiger partial charge >= 0.3 is 0 Å². The minimum atomic E-state index is -0.366. The average Bonchev–Trinajstić information content (AvgIpc) is 2.63. The number of carbonyl (C=O) groups is 1. The number of Topliss-reactive ketones (excluding diaryl/α,β-unsaturated/α-hetero) is 1. The van der Waals surface area contributed by atoms with Crippen molar-refractivity contribution in [3.05, 3.63) is 46.5 Å². The van der Waals surface area contributed by atoms with Crippen LogP contribution in [0.2, 0.25) is 0 Å². The maximum Gasteiger partial charge on any atom is 0.159 e. The van der Waals surface area contributed by atoms with E-state index in [1.54, 1.807) is 10.7 Å². The molecule has 1 aromatic heterocycles. The number of ketones is 1. The highest BCUT2D eigenvalue weighted by Gasteiger charge is 2.11. The Morgan fingerprint density at radius 2 is 2.10 bits per heavy atom. The van der Waals surface area contributed by atoms with E-state index in [1.165, 1.54) is 19.1 Å². The molecule has 0 aliphatic carbocycles. The second-order valence-corrected chi connectivity index (χ2v) is 4.88. The maximum absolute atomic E-state index is 13.7. The van der Waals surface area contributed by atoms with Gasteiger partial charge in [-0.25, -0.2) is 4.39 Å². The highest BCUT2D eigenvalue weighted by atomic mass is 19.1. The summed E-state index contributed by atoms with van der Waals surface area (Å²) in [7, 11) is 1.88. The molecule has 0 atom stereocenters. The third kappa shape index (κ3) is 2.71. The zero-order chi connectivity index (χ0) is 14.9. The van der Waals surface area contributed by atoms with Gasteiger partial charge in [-0.3, -0.25) is 9.48 Å². The molecule has 1 aromatic carbocycles. The summed E-state index contributed by atoms with van der Waals surface area (Å²) in [6, 6.07) is 4.34. The van der Waals surface area contributed by atoms with Crippen LogP contribution >= 0.6 is 0 Å². The summed E-state index contributed by atoms with van der Waals surface area (Å²) in [6.07, 6.45) is 0. The molecule has 2 aromatic rings. The van der Waals surface area contributed by atoms with Gasteiger partial charge in [0.05, 0.1) is 11.4 Å². The van der Waals surface area contributed by atoms with Crippen molar-refractivity contribution in [1.82, 2.24) is 9.78 Å². The van der Waals surface area contributed by atoms with Crippen LogP contribution in [-0.2, 0) is 13.6 Å². The van der Waals surface area contributed by atoms with Gasteiger partial charge in [0.25, 0.3) is 0 Å². The third-order valence-corrected chi connectivity index (χ3v) is 3.49. The van der Waals surface area contributed by atoms with Crippen LogP contribution in [0.1, 0.15) is 34.2 Å². The van der Waals surface area contributed by atoms with E-state index in [1.807, 2.05) is 20.9 Å².